The Labute approximate surface area is 148 Å². The van der Waals surface area contributed by atoms with Crippen LogP contribution in [0.2, 0.25) is 0 Å². The minimum absolute atomic E-state index is 0.257. The summed E-state index contributed by atoms with van der Waals surface area (Å²) in [5.41, 5.74) is 2.81. The third-order valence-electron chi connectivity index (χ3n) is 4.48. The molecular formula is C19H24N2O4. The van der Waals surface area contributed by atoms with E-state index >= 15 is 0 Å². The quantitative estimate of drug-likeness (QED) is 0.733. The number of fused-ring (bicyclic) bond motifs is 1. The third-order valence-corrected chi connectivity index (χ3v) is 4.48. The van der Waals surface area contributed by atoms with Gasteiger partial charge in [0.25, 0.3) is 0 Å². The second-order valence-electron chi connectivity index (χ2n) is 7.44. The van der Waals surface area contributed by atoms with Crippen LogP contribution in [-0.2, 0) is 16.0 Å². The number of amides is 1. The zero-order valence-corrected chi connectivity index (χ0v) is 15.2. The smallest absolute Gasteiger partial charge is 0.410 e. The highest BCUT2D eigenvalue weighted by molar-refractivity contribution is 5.69. The van der Waals surface area contributed by atoms with Crippen LogP contribution in [0.15, 0.2) is 17.9 Å². The molecule has 2 aliphatic heterocycles. The summed E-state index contributed by atoms with van der Waals surface area (Å²) < 4.78 is 10.9. The molecule has 134 valence electrons. The number of piperazine rings is 1. The molecule has 0 atom stereocenters. The Kier molecular flexibility index (Phi) is 4.48. The molecule has 0 saturated carbocycles. The second kappa shape index (κ2) is 6.45. The predicted octanol–water partition coefficient (Wildman–Crippen LogP) is 2.70. The summed E-state index contributed by atoms with van der Waals surface area (Å²) >= 11 is 0. The van der Waals surface area contributed by atoms with E-state index in [0.29, 0.717) is 25.3 Å². The molecule has 0 bridgehead atoms. The predicted molar refractivity (Wildman–Crippen MR) is 94.7 cm³/mol. The minimum Gasteiger partial charge on any atom is -0.449 e. The Morgan fingerprint density at radius 1 is 1.20 bits per heavy atom. The van der Waals surface area contributed by atoms with Gasteiger partial charge in [-0.3, -0.25) is 0 Å². The Bertz CT molecular complexity index is 737. The van der Waals surface area contributed by atoms with Crippen molar-refractivity contribution in [3.8, 4) is 5.75 Å². The molecule has 3 rings (SSSR count). The van der Waals surface area contributed by atoms with Crippen molar-refractivity contribution in [2.45, 2.75) is 39.7 Å². The van der Waals surface area contributed by atoms with Gasteiger partial charge in [0.2, 0.25) is 0 Å². The number of anilines is 1. The molecule has 0 aliphatic carbocycles. The van der Waals surface area contributed by atoms with E-state index in [1.165, 1.54) is 0 Å². The number of ether oxygens (including phenoxy) is 2. The lowest BCUT2D eigenvalue weighted by atomic mass is 10.0. The Morgan fingerprint density at radius 2 is 1.88 bits per heavy atom. The van der Waals surface area contributed by atoms with E-state index in [9.17, 15) is 9.59 Å². The first-order valence-corrected chi connectivity index (χ1v) is 8.55. The summed E-state index contributed by atoms with van der Waals surface area (Å²) in [7, 11) is 0. The average molecular weight is 344 g/mol. The first-order valence-electron chi connectivity index (χ1n) is 8.55. The summed E-state index contributed by atoms with van der Waals surface area (Å²) in [5, 5.41) is 0. The molecule has 1 amide bonds. The highest BCUT2D eigenvalue weighted by Gasteiger charge is 2.28. The van der Waals surface area contributed by atoms with Gasteiger partial charge in [-0.15, -0.1) is 0 Å². The number of carbonyl (C=O) groups excluding carboxylic acids is 2. The van der Waals surface area contributed by atoms with Crippen LogP contribution in [-0.4, -0.2) is 48.7 Å². The molecule has 6 nitrogen and oxygen atoms in total. The topological polar surface area (TPSA) is 59.1 Å². The molecule has 25 heavy (non-hydrogen) atoms. The Balaban J connectivity index is 1.68. The van der Waals surface area contributed by atoms with Crippen LogP contribution in [0.3, 0.4) is 0 Å². The lowest BCUT2D eigenvalue weighted by Crippen LogP contribution is -2.50. The normalized spacial score (nSPS) is 17.0. The lowest BCUT2D eigenvalue weighted by molar-refractivity contribution is 0.0240. The monoisotopic (exact) mass is 344 g/mol. The zero-order chi connectivity index (χ0) is 18.2. The van der Waals surface area contributed by atoms with Crippen LogP contribution in [0.4, 0.5) is 10.5 Å². The molecule has 0 unspecified atom stereocenters. The highest BCUT2D eigenvalue weighted by Crippen LogP contribution is 2.37. The molecule has 1 aromatic carbocycles. The van der Waals surface area contributed by atoms with E-state index in [1.807, 2.05) is 45.8 Å². The maximum atomic E-state index is 12.2. The molecule has 1 saturated heterocycles. The maximum absolute atomic E-state index is 12.2. The maximum Gasteiger partial charge on any atom is 0.410 e. The summed E-state index contributed by atoms with van der Waals surface area (Å²) in [6, 6.07) is 3.92. The highest BCUT2D eigenvalue weighted by atomic mass is 16.6. The van der Waals surface area contributed by atoms with Crippen molar-refractivity contribution in [1.82, 2.24) is 4.90 Å². The second-order valence-corrected chi connectivity index (χ2v) is 7.44. The summed E-state index contributed by atoms with van der Waals surface area (Å²) in [6.45, 7) is 10.4. The number of carbonyl (C=O) groups is 1. The standard InChI is InChI=1S/C19H24N2O4/c1-13-15-11-14(12-22)24-17(15)6-5-16(13)20-7-9-21(10-8-20)18(23)25-19(2,3)4/h5-6H,7-11H2,1-4H3. The van der Waals surface area contributed by atoms with E-state index in [4.69, 9.17) is 9.47 Å². The van der Waals surface area contributed by atoms with Crippen LogP contribution in [0.25, 0.3) is 0 Å². The van der Waals surface area contributed by atoms with Crippen LogP contribution in [0.1, 0.15) is 31.9 Å². The first-order chi connectivity index (χ1) is 11.8. The molecular weight excluding hydrogens is 320 g/mol. The van der Waals surface area contributed by atoms with Gasteiger partial charge in [-0.05, 0) is 45.4 Å². The van der Waals surface area contributed by atoms with Gasteiger partial charge in [-0.25, -0.2) is 9.59 Å². The number of nitrogens with zero attached hydrogens (tertiary/aromatic N) is 2. The Morgan fingerprint density at radius 3 is 2.48 bits per heavy atom. The summed E-state index contributed by atoms with van der Waals surface area (Å²) in [4.78, 5) is 27.0. The van der Waals surface area contributed by atoms with E-state index in [-0.39, 0.29) is 6.09 Å². The van der Waals surface area contributed by atoms with Crippen molar-refractivity contribution >= 4 is 17.7 Å². The van der Waals surface area contributed by atoms with Gasteiger partial charge in [0.15, 0.2) is 11.7 Å². The molecule has 2 aliphatic rings. The molecule has 2 heterocycles. The van der Waals surface area contributed by atoms with Crippen molar-refractivity contribution in [2.75, 3.05) is 31.1 Å². The summed E-state index contributed by atoms with van der Waals surface area (Å²) in [5.74, 6) is 2.93. The fraction of sp³-hybridized carbons (Fsp3) is 0.526. The van der Waals surface area contributed by atoms with Gasteiger partial charge >= 0.3 is 6.09 Å². The molecule has 6 heteroatoms. The Hall–Kier alpha value is -2.46. The van der Waals surface area contributed by atoms with Gasteiger partial charge in [0, 0.05) is 43.9 Å². The van der Waals surface area contributed by atoms with Crippen LogP contribution < -0.4 is 9.64 Å². The van der Waals surface area contributed by atoms with E-state index < -0.39 is 5.60 Å². The average Bonchev–Trinajstić information content (AvgIpc) is 2.98. The first kappa shape index (κ1) is 17.4. The summed E-state index contributed by atoms with van der Waals surface area (Å²) in [6.07, 6.45) is 0.239. The van der Waals surface area contributed by atoms with E-state index in [1.54, 1.807) is 4.90 Å². The van der Waals surface area contributed by atoms with Crippen LogP contribution in [0, 0.1) is 6.92 Å². The van der Waals surface area contributed by atoms with Crippen molar-refractivity contribution in [3.63, 3.8) is 0 Å². The van der Waals surface area contributed by atoms with Gasteiger partial charge < -0.3 is 19.3 Å². The molecule has 0 aromatic heterocycles. The SMILES string of the molecule is Cc1c(N2CCN(C(=O)OC(C)(C)C)CC2)ccc2c1CC(=C=O)O2. The fourth-order valence-electron chi connectivity index (χ4n) is 3.22. The number of rotatable bonds is 1. The number of allylic oxidation sites excluding steroid dienone is 1. The van der Waals surface area contributed by atoms with Crippen molar-refractivity contribution in [2.24, 2.45) is 0 Å². The van der Waals surface area contributed by atoms with Crippen molar-refractivity contribution < 1.29 is 19.1 Å². The van der Waals surface area contributed by atoms with Crippen molar-refractivity contribution in [1.29, 1.82) is 0 Å². The number of hydrogen-bond donors (Lipinski definition) is 0. The zero-order valence-electron chi connectivity index (χ0n) is 15.2. The third kappa shape index (κ3) is 3.64. The fourth-order valence-corrected chi connectivity index (χ4v) is 3.22. The van der Waals surface area contributed by atoms with Crippen LogP contribution in [0.5, 0.6) is 5.75 Å². The largest absolute Gasteiger partial charge is 0.449 e. The number of benzene rings is 1. The van der Waals surface area contributed by atoms with Crippen molar-refractivity contribution in [3.05, 3.63) is 29.0 Å². The number of hydrogen-bond acceptors (Lipinski definition) is 5. The van der Waals surface area contributed by atoms with Gasteiger partial charge in [-0.2, -0.15) is 0 Å². The van der Waals surface area contributed by atoms with E-state index in [2.05, 4.69) is 4.90 Å². The molecule has 1 fully saturated rings. The van der Waals surface area contributed by atoms with E-state index in [0.717, 1.165) is 35.7 Å². The lowest BCUT2D eigenvalue weighted by Gasteiger charge is -2.37. The molecule has 0 N–H and O–H groups in total. The molecule has 1 aromatic rings. The van der Waals surface area contributed by atoms with Crippen LogP contribution >= 0.6 is 0 Å². The minimum atomic E-state index is -0.478. The molecule has 0 radical (unpaired) electrons. The van der Waals surface area contributed by atoms with Gasteiger partial charge in [0.05, 0.1) is 0 Å². The van der Waals surface area contributed by atoms with Gasteiger partial charge in [-0.1, -0.05) is 0 Å². The van der Waals surface area contributed by atoms with Gasteiger partial charge in [0.1, 0.15) is 11.4 Å². The molecule has 0 spiro atoms.